The van der Waals surface area contributed by atoms with Crippen LogP contribution < -0.4 is 9.64 Å². The van der Waals surface area contributed by atoms with E-state index in [0.29, 0.717) is 22.2 Å². The maximum atomic E-state index is 12.8. The average molecular weight is 366 g/mol. The largest absolute Gasteiger partial charge is 0.456 e. The molecule has 5 rings (SSSR count). The number of nitrogens with zero attached hydrogens (tertiary/aromatic N) is 1. The molecule has 1 saturated heterocycles. The Morgan fingerprint density at radius 3 is 2.12 bits per heavy atom. The summed E-state index contributed by atoms with van der Waals surface area (Å²) in [6.07, 6.45) is 5.13. The van der Waals surface area contributed by atoms with Gasteiger partial charge in [-0.05, 0) is 54.7 Å². The van der Waals surface area contributed by atoms with Gasteiger partial charge in [0.05, 0.1) is 22.5 Å². The number of amides is 2. The van der Waals surface area contributed by atoms with E-state index >= 15 is 0 Å². The van der Waals surface area contributed by atoms with E-state index in [1.54, 1.807) is 36.4 Å². The topological polar surface area (TPSA) is 46.6 Å². The van der Waals surface area contributed by atoms with E-state index in [4.69, 9.17) is 16.3 Å². The Labute approximate surface area is 156 Å². The van der Waals surface area contributed by atoms with Gasteiger partial charge in [0.25, 0.3) is 0 Å². The van der Waals surface area contributed by atoms with Gasteiger partial charge >= 0.3 is 0 Å². The lowest BCUT2D eigenvalue weighted by molar-refractivity contribution is -0.123. The minimum atomic E-state index is -0.184. The molecular weight excluding hydrogens is 350 g/mol. The fourth-order valence-electron chi connectivity index (χ4n) is 4.47. The predicted molar refractivity (Wildman–Crippen MR) is 98.2 cm³/mol. The van der Waals surface area contributed by atoms with Crippen LogP contribution in [-0.4, -0.2) is 11.8 Å². The molecule has 0 aromatic heterocycles. The molecule has 130 valence electrons. The van der Waals surface area contributed by atoms with Gasteiger partial charge in [0.2, 0.25) is 11.8 Å². The van der Waals surface area contributed by atoms with Crippen molar-refractivity contribution in [3.05, 3.63) is 65.7 Å². The molecule has 1 aliphatic heterocycles. The first-order chi connectivity index (χ1) is 12.6. The molecule has 2 bridgehead atoms. The highest BCUT2D eigenvalue weighted by molar-refractivity contribution is 6.32. The molecule has 1 saturated carbocycles. The molecule has 2 aromatic rings. The second kappa shape index (κ2) is 5.71. The minimum absolute atomic E-state index is 0.0726. The average Bonchev–Trinajstić information content (AvgIpc) is 3.32. The molecule has 1 heterocycles. The number of carbonyl (C=O) groups is 2. The van der Waals surface area contributed by atoms with Gasteiger partial charge in [0.1, 0.15) is 11.5 Å². The number of fused-ring (bicyclic) bond motifs is 5. The third-order valence-corrected chi connectivity index (χ3v) is 5.94. The minimum Gasteiger partial charge on any atom is -0.456 e. The maximum Gasteiger partial charge on any atom is 0.238 e. The molecule has 26 heavy (non-hydrogen) atoms. The number of halogens is 1. The van der Waals surface area contributed by atoms with E-state index in [0.717, 1.165) is 6.42 Å². The Kier molecular flexibility index (Phi) is 3.44. The third-order valence-electron chi connectivity index (χ3n) is 5.63. The molecule has 2 aliphatic carbocycles. The summed E-state index contributed by atoms with van der Waals surface area (Å²) in [5.74, 6) is 1.08. The summed E-state index contributed by atoms with van der Waals surface area (Å²) in [5.41, 5.74) is 0.598. The molecule has 4 nitrogen and oxygen atoms in total. The zero-order valence-corrected chi connectivity index (χ0v) is 14.6. The van der Waals surface area contributed by atoms with Crippen molar-refractivity contribution < 1.29 is 14.3 Å². The highest BCUT2D eigenvalue weighted by Crippen LogP contribution is 2.53. The summed E-state index contributed by atoms with van der Waals surface area (Å²) in [6.45, 7) is 0. The van der Waals surface area contributed by atoms with Gasteiger partial charge in [-0.3, -0.25) is 14.5 Å². The molecule has 4 atom stereocenters. The Morgan fingerprint density at radius 1 is 0.885 bits per heavy atom. The number of benzene rings is 2. The van der Waals surface area contributed by atoms with E-state index in [-0.39, 0.29) is 35.5 Å². The third kappa shape index (κ3) is 2.22. The van der Waals surface area contributed by atoms with E-state index < -0.39 is 0 Å². The number of imide groups is 1. The number of hydrogen-bond acceptors (Lipinski definition) is 3. The highest BCUT2D eigenvalue weighted by Gasteiger charge is 2.59. The van der Waals surface area contributed by atoms with Crippen molar-refractivity contribution >= 4 is 29.1 Å². The standard InChI is InChI=1S/C21H16ClNO3/c22-16-3-1-2-4-17(16)26-15-9-7-14(8-10-15)23-20(24)18-12-5-6-13(11-12)19(18)21(23)25/h1-10,12-13,18-19H,11H2/t12-,13-,18-,19-/m0/s1. The van der Waals surface area contributed by atoms with Crippen molar-refractivity contribution in [1.82, 2.24) is 0 Å². The summed E-state index contributed by atoms with van der Waals surface area (Å²) in [4.78, 5) is 27.0. The lowest BCUT2D eigenvalue weighted by Gasteiger charge is -2.17. The van der Waals surface area contributed by atoms with Crippen LogP contribution in [0.25, 0.3) is 0 Å². The fourth-order valence-corrected chi connectivity index (χ4v) is 4.65. The number of allylic oxidation sites excluding steroid dienone is 2. The van der Waals surface area contributed by atoms with Crippen molar-refractivity contribution in [3.63, 3.8) is 0 Å². The fraction of sp³-hybridized carbons (Fsp3) is 0.238. The molecule has 3 aliphatic rings. The van der Waals surface area contributed by atoms with Crippen molar-refractivity contribution in [1.29, 1.82) is 0 Å². The molecule has 0 spiro atoms. The molecule has 2 fully saturated rings. The van der Waals surface area contributed by atoms with Gasteiger partial charge in [-0.15, -0.1) is 0 Å². The molecule has 2 amide bonds. The Morgan fingerprint density at radius 2 is 1.50 bits per heavy atom. The molecule has 0 N–H and O–H groups in total. The molecule has 0 unspecified atom stereocenters. The number of ether oxygens (including phenoxy) is 1. The zero-order valence-electron chi connectivity index (χ0n) is 13.8. The van der Waals surface area contributed by atoms with Crippen LogP contribution in [0.5, 0.6) is 11.5 Å². The first-order valence-corrected chi connectivity index (χ1v) is 9.10. The Bertz CT molecular complexity index is 907. The Balaban J connectivity index is 1.39. The number of rotatable bonds is 3. The smallest absolute Gasteiger partial charge is 0.238 e. The van der Waals surface area contributed by atoms with Crippen LogP contribution in [-0.2, 0) is 9.59 Å². The van der Waals surface area contributed by atoms with E-state index in [1.807, 2.05) is 12.1 Å². The number of carbonyl (C=O) groups excluding carboxylic acids is 2. The van der Waals surface area contributed by atoms with E-state index in [9.17, 15) is 9.59 Å². The molecule has 0 radical (unpaired) electrons. The molecule has 2 aromatic carbocycles. The number of hydrogen-bond donors (Lipinski definition) is 0. The van der Waals surface area contributed by atoms with Gasteiger partial charge in [-0.25, -0.2) is 0 Å². The van der Waals surface area contributed by atoms with Gasteiger partial charge in [-0.2, -0.15) is 0 Å². The summed E-state index contributed by atoms with van der Waals surface area (Å²) in [7, 11) is 0. The normalized spacial score (nSPS) is 28.7. The van der Waals surface area contributed by atoms with Crippen LogP contribution in [0.2, 0.25) is 5.02 Å². The van der Waals surface area contributed by atoms with Gasteiger partial charge in [0, 0.05) is 0 Å². The SMILES string of the molecule is O=C1[C@@H]2[C@@H](C(=O)N1c1ccc(Oc3ccccc3Cl)cc1)[C@H]1C=C[C@H]2C1. The van der Waals surface area contributed by atoms with Crippen LogP contribution >= 0.6 is 11.6 Å². The lowest BCUT2D eigenvalue weighted by Crippen LogP contribution is -2.32. The van der Waals surface area contributed by atoms with Crippen LogP contribution in [0.3, 0.4) is 0 Å². The van der Waals surface area contributed by atoms with E-state index in [2.05, 4.69) is 12.2 Å². The van der Waals surface area contributed by atoms with Gasteiger partial charge < -0.3 is 4.74 Å². The van der Waals surface area contributed by atoms with Crippen molar-refractivity contribution in [2.24, 2.45) is 23.7 Å². The maximum absolute atomic E-state index is 12.8. The van der Waals surface area contributed by atoms with Crippen molar-refractivity contribution in [3.8, 4) is 11.5 Å². The van der Waals surface area contributed by atoms with Crippen LogP contribution in [0.15, 0.2) is 60.7 Å². The van der Waals surface area contributed by atoms with Crippen LogP contribution in [0.4, 0.5) is 5.69 Å². The highest BCUT2D eigenvalue weighted by atomic mass is 35.5. The quantitative estimate of drug-likeness (QED) is 0.596. The van der Waals surface area contributed by atoms with Crippen LogP contribution in [0.1, 0.15) is 6.42 Å². The van der Waals surface area contributed by atoms with Gasteiger partial charge in [0.15, 0.2) is 0 Å². The van der Waals surface area contributed by atoms with Crippen molar-refractivity contribution in [2.75, 3.05) is 4.90 Å². The molecular formula is C21H16ClNO3. The zero-order chi connectivity index (χ0) is 17.8. The second-order valence-corrected chi connectivity index (χ2v) is 7.45. The lowest BCUT2D eigenvalue weighted by atomic mass is 9.85. The monoisotopic (exact) mass is 365 g/mol. The summed E-state index contributed by atoms with van der Waals surface area (Å²) in [6, 6.07) is 14.2. The first kappa shape index (κ1) is 15.6. The summed E-state index contributed by atoms with van der Waals surface area (Å²) < 4.78 is 5.77. The first-order valence-electron chi connectivity index (χ1n) is 8.72. The number of para-hydroxylation sites is 1. The predicted octanol–water partition coefficient (Wildman–Crippen LogP) is 4.44. The molecule has 5 heteroatoms. The van der Waals surface area contributed by atoms with E-state index in [1.165, 1.54) is 4.90 Å². The van der Waals surface area contributed by atoms with Crippen molar-refractivity contribution in [2.45, 2.75) is 6.42 Å². The Hall–Kier alpha value is -2.59. The second-order valence-electron chi connectivity index (χ2n) is 7.04. The summed E-state index contributed by atoms with van der Waals surface area (Å²) >= 11 is 6.11. The van der Waals surface area contributed by atoms with Gasteiger partial charge in [-0.1, -0.05) is 35.9 Å². The summed E-state index contributed by atoms with van der Waals surface area (Å²) in [5, 5.41) is 0.525. The van der Waals surface area contributed by atoms with Crippen LogP contribution in [0, 0.1) is 23.7 Å². The number of anilines is 1.